The Morgan fingerprint density at radius 2 is 2.10 bits per heavy atom. The van der Waals surface area contributed by atoms with Crippen LogP contribution in [0.4, 0.5) is 0 Å². The zero-order valence-electron chi connectivity index (χ0n) is 11.1. The topological polar surface area (TPSA) is 88.5 Å². The molecule has 0 unspecified atom stereocenters. The Morgan fingerprint density at radius 3 is 2.80 bits per heavy atom. The number of hydrogen-bond donors (Lipinski definition) is 2. The van der Waals surface area contributed by atoms with Gasteiger partial charge in [0.25, 0.3) is 0 Å². The lowest BCUT2D eigenvalue weighted by atomic mass is 9.96. The van der Waals surface area contributed by atoms with Gasteiger partial charge in [0.1, 0.15) is 6.10 Å². The lowest BCUT2D eigenvalue weighted by molar-refractivity contribution is -0.139. The van der Waals surface area contributed by atoms with Crippen molar-refractivity contribution in [1.82, 2.24) is 10.3 Å². The molecule has 0 radical (unpaired) electrons. The molecule has 2 atom stereocenters. The number of nitrogens with zero attached hydrogens (tertiary/aromatic N) is 1. The highest BCUT2D eigenvalue weighted by molar-refractivity contribution is 5.80. The number of ether oxygens (including phenoxy) is 1. The zero-order valence-corrected chi connectivity index (χ0v) is 11.1. The Kier molecular flexibility index (Phi) is 5.06. The Balaban J connectivity index is 1.97. The first-order chi connectivity index (χ1) is 9.66. The van der Waals surface area contributed by atoms with Gasteiger partial charge in [0, 0.05) is 25.4 Å². The number of pyridine rings is 1. The van der Waals surface area contributed by atoms with Crippen molar-refractivity contribution in [3.05, 3.63) is 30.1 Å². The van der Waals surface area contributed by atoms with Gasteiger partial charge in [-0.2, -0.15) is 0 Å². The molecule has 1 saturated heterocycles. The van der Waals surface area contributed by atoms with E-state index in [4.69, 9.17) is 9.84 Å². The van der Waals surface area contributed by atoms with Crippen molar-refractivity contribution in [3.8, 4) is 0 Å². The van der Waals surface area contributed by atoms with Crippen molar-refractivity contribution < 1.29 is 19.4 Å². The summed E-state index contributed by atoms with van der Waals surface area (Å²) in [5.74, 6) is -1.22. The highest BCUT2D eigenvalue weighted by Gasteiger charge is 2.28. The van der Waals surface area contributed by atoms with Crippen LogP contribution in [0.2, 0.25) is 0 Å². The van der Waals surface area contributed by atoms with Crippen molar-refractivity contribution >= 4 is 11.9 Å². The molecule has 1 aliphatic heterocycles. The lowest BCUT2D eigenvalue weighted by Crippen LogP contribution is -2.42. The zero-order chi connectivity index (χ0) is 14.4. The van der Waals surface area contributed by atoms with E-state index < -0.39 is 5.97 Å². The van der Waals surface area contributed by atoms with Crippen LogP contribution in [0.15, 0.2) is 24.5 Å². The van der Waals surface area contributed by atoms with E-state index in [0.29, 0.717) is 6.61 Å². The molecular formula is C14H18N2O4. The minimum atomic E-state index is -0.967. The number of aromatic nitrogens is 1. The van der Waals surface area contributed by atoms with E-state index >= 15 is 0 Å². The molecule has 0 bridgehead atoms. The summed E-state index contributed by atoms with van der Waals surface area (Å²) >= 11 is 0. The van der Waals surface area contributed by atoms with Crippen LogP contribution >= 0.6 is 0 Å². The summed E-state index contributed by atoms with van der Waals surface area (Å²) in [6.07, 6.45) is 4.74. The van der Waals surface area contributed by atoms with Crippen LogP contribution in [0.5, 0.6) is 0 Å². The summed E-state index contributed by atoms with van der Waals surface area (Å²) in [5.41, 5.74) is 0.975. The smallest absolute Gasteiger partial charge is 0.303 e. The third-order valence-corrected chi connectivity index (χ3v) is 3.27. The molecule has 1 aromatic heterocycles. The normalized spacial score (nSPS) is 22.2. The third-order valence-electron chi connectivity index (χ3n) is 3.27. The molecule has 20 heavy (non-hydrogen) atoms. The van der Waals surface area contributed by atoms with E-state index in [1.165, 1.54) is 0 Å². The Bertz CT molecular complexity index is 464. The molecule has 0 spiro atoms. The van der Waals surface area contributed by atoms with Gasteiger partial charge in [0.2, 0.25) is 5.91 Å². The molecule has 2 heterocycles. The van der Waals surface area contributed by atoms with Gasteiger partial charge in [-0.15, -0.1) is 0 Å². The molecule has 6 nitrogen and oxygen atoms in total. The van der Waals surface area contributed by atoms with Gasteiger partial charge in [-0.1, -0.05) is 0 Å². The van der Waals surface area contributed by atoms with Crippen molar-refractivity contribution in [2.45, 2.75) is 37.8 Å². The Hall–Kier alpha value is -1.95. The van der Waals surface area contributed by atoms with Crippen molar-refractivity contribution in [2.24, 2.45) is 0 Å². The van der Waals surface area contributed by atoms with Crippen LogP contribution in [-0.2, 0) is 14.3 Å². The Morgan fingerprint density at radius 1 is 1.35 bits per heavy atom. The van der Waals surface area contributed by atoms with Gasteiger partial charge in [0.05, 0.1) is 12.5 Å². The summed E-state index contributed by atoms with van der Waals surface area (Å²) in [4.78, 5) is 26.2. The van der Waals surface area contributed by atoms with E-state index in [1.807, 2.05) is 12.1 Å². The molecule has 0 saturated carbocycles. The average Bonchev–Trinajstić information content (AvgIpc) is 2.47. The number of carboxylic acid groups (broad SMARTS) is 1. The largest absolute Gasteiger partial charge is 0.481 e. The predicted molar refractivity (Wildman–Crippen MR) is 71.0 cm³/mol. The van der Waals surface area contributed by atoms with Crippen molar-refractivity contribution in [2.75, 3.05) is 6.61 Å². The summed E-state index contributed by atoms with van der Waals surface area (Å²) in [6, 6.07) is 3.62. The first-order valence-corrected chi connectivity index (χ1v) is 6.69. The SMILES string of the molecule is O=C(O)CCC(=O)N[C@H]1CCCO[C@@H]1c1ccncc1. The van der Waals surface area contributed by atoms with E-state index in [0.717, 1.165) is 18.4 Å². The quantitative estimate of drug-likeness (QED) is 0.847. The highest BCUT2D eigenvalue weighted by Crippen LogP contribution is 2.28. The van der Waals surface area contributed by atoms with Crippen LogP contribution in [0.1, 0.15) is 37.4 Å². The standard InChI is InChI=1S/C14H18N2O4/c17-12(3-4-13(18)19)16-11-2-1-9-20-14(11)10-5-7-15-8-6-10/h5-8,11,14H,1-4,9H2,(H,16,17)(H,18,19)/t11-,14+/m0/s1. The van der Waals surface area contributed by atoms with Gasteiger partial charge >= 0.3 is 5.97 Å². The first-order valence-electron chi connectivity index (χ1n) is 6.69. The second-order valence-corrected chi connectivity index (χ2v) is 4.78. The molecule has 2 rings (SSSR count). The van der Waals surface area contributed by atoms with Gasteiger partial charge < -0.3 is 15.2 Å². The van der Waals surface area contributed by atoms with E-state index in [9.17, 15) is 9.59 Å². The van der Waals surface area contributed by atoms with Gasteiger partial charge in [-0.3, -0.25) is 14.6 Å². The fourth-order valence-corrected chi connectivity index (χ4v) is 2.31. The van der Waals surface area contributed by atoms with Gasteiger partial charge in [-0.25, -0.2) is 0 Å². The Labute approximate surface area is 117 Å². The monoisotopic (exact) mass is 278 g/mol. The van der Waals surface area contributed by atoms with Gasteiger partial charge in [0.15, 0.2) is 0 Å². The number of aliphatic carboxylic acids is 1. The minimum Gasteiger partial charge on any atom is -0.481 e. The van der Waals surface area contributed by atoms with E-state index in [1.54, 1.807) is 12.4 Å². The molecular weight excluding hydrogens is 260 g/mol. The summed E-state index contributed by atoms with van der Waals surface area (Å²) in [5, 5.41) is 11.5. The number of carbonyl (C=O) groups is 2. The first kappa shape index (κ1) is 14.5. The molecule has 1 aromatic rings. The molecule has 2 N–H and O–H groups in total. The van der Waals surface area contributed by atoms with Crippen molar-refractivity contribution in [3.63, 3.8) is 0 Å². The number of carbonyl (C=O) groups excluding carboxylic acids is 1. The van der Waals surface area contributed by atoms with Crippen LogP contribution in [0.25, 0.3) is 0 Å². The summed E-state index contributed by atoms with van der Waals surface area (Å²) in [7, 11) is 0. The van der Waals surface area contributed by atoms with Crippen LogP contribution in [-0.4, -0.2) is 34.6 Å². The number of rotatable bonds is 5. The summed E-state index contributed by atoms with van der Waals surface area (Å²) in [6.45, 7) is 0.661. The van der Waals surface area contributed by atoms with Crippen LogP contribution in [0.3, 0.4) is 0 Å². The fraction of sp³-hybridized carbons (Fsp3) is 0.500. The van der Waals surface area contributed by atoms with Crippen LogP contribution in [0, 0.1) is 0 Å². The van der Waals surface area contributed by atoms with Crippen LogP contribution < -0.4 is 5.32 Å². The number of carboxylic acids is 1. The molecule has 0 aromatic carbocycles. The highest BCUT2D eigenvalue weighted by atomic mass is 16.5. The van der Waals surface area contributed by atoms with E-state index in [2.05, 4.69) is 10.3 Å². The molecule has 6 heteroatoms. The van der Waals surface area contributed by atoms with Gasteiger partial charge in [-0.05, 0) is 30.5 Å². The van der Waals surface area contributed by atoms with E-state index in [-0.39, 0.29) is 30.9 Å². The second-order valence-electron chi connectivity index (χ2n) is 4.78. The molecule has 108 valence electrons. The number of nitrogens with one attached hydrogen (secondary N) is 1. The fourth-order valence-electron chi connectivity index (χ4n) is 2.31. The lowest BCUT2D eigenvalue weighted by Gasteiger charge is -2.32. The second kappa shape index (κ2) is 7.00. The van der Waals surface area contributed by atoms with Crippen molar-refractivity contribution in [1.29, 1.82) is 0 Å². The molecule has 1 aliphatic rings. The molecule has 1 fully saturated rings. The molecule has 0 aliphatic carbocycles. The third kappa shape index (κ3) is 4.03. The number of hydrogen-bond acceptors (Lipinski definition) is 4. The maximum Gasteiger partial charge on any atom is 0.303 e. The maximum atomic E-state index is 11.8. The average molecular weight is 278 g/mol. The minimum absolute atomic E-state index is 0.00506. The number of amides is 1. The molecule has 1 amide bonds. The maximum absolute atomic E-state index is 11.8. The summed E-state index contributed by atoms with van der Waals surface area (Å²) < 4.78 is 5.74. The predicted octanol–water partition coefficient (Wildman–Crippen LogP) is 1.28.